The van der Waals surface area contributed by atoms with Crippen LogP contribution in [0.2, 0.25) is 0 Å². The molecular formula is C35H38BrN3O4S. The van der Waals surface area contributed by atoms with E-state index < -0.39 is 28.5 Å². The van der Waals surface area contributed by atoms with Crippen molar-refractivity contribution in [3.8, 4) is 0 Å². The third-order valence-corrected chi connectivity index (χ3v) is 9.40. The number of carbonyl (C=O) groups excluding carboxylic acids is 2. The average Bonchev–Trinajstić information content (AvgIpc) is 2.98. The number of amides is 2. The van der Waals surface area contributed by atoms with Crippen molar-refractivity contribution in [1.29, 1.82) is 0 Å². The molecule has 0 fully saturated rings. The Labute approximate surface area is 269 Å². The number of anilines is 1. The van der Waals surface area contributed by atoms with Gasteiger partial charge in [-0.1, -0.05) is 88.2 Å². The van der Waals surface area contributed by atoms with Gasteiger partial charge >= 0.3 is 0 Å². The van der Waals surface area contributed by atoms with Gasteiger partial charge in [0.25, 0.3) is 10.0 Å². The summed E-state index contributed by atoms with van der Waals surface area (Å²) in [5.74, 6) is -0.808. The second-order valence-corrected chi connectivity index (χ2v) is 14.0. The van der Waals surface area contributed by atoms with Gasteiger partial charge in [0.1, 0.15) is 12.6 Å². The summed E-state index contributed by atoms with van der Waals surface area (Å²) in [6, 6.07) is 29.6. The smallest absolute Gasteiger partial charge is 0.264 e. The van der Waals surface area contributed by atoms with Crippen LogP contribution >= 0.6 is 15.9 Å². The normalized spacial score (nSPS) is 12.0. The molecule has 0 saturated carbocycles. The van der Waals surface area contributed by atoms with E-state index in [2.05, 4.69) is 21.2 Å². The molecule has 0 spiro atoms. The van der Waals surface area contributed by atoms with Crippen LogP contribution in [0, 0.1) is 13.8 Å². The van der Waals surface area contributed by atoms with Gasteiger partial charge in [-0.3, -0.25) is 13.9 Å². The first-order valence-corrected chi connectivity index (χ1v) is 16.7. The van der Waals surface area contributed by atoms with Gasteiger partial charge in [-0.2, -0.15) is 0 Å². The molecule has 4 rings (SSSR count). The lowest BCUT2D eigenvalue weighted by atomic mass is 10.0. The standard InChI is InChI=1S/C35H38BrN3O4S/c1-25(2)37-35(41)33(22-28-11-6-5-7-12-28)38(23-29-13-9-14-30(36)21-29)34(40)24-39(31-15-8-10-27(4)20-31)44(42,43)32-18-16-26(3)17-19-32/h5-21,25,33H,22-24H2,1-4H3,(H,37,41)/t33-/m1/s1. The molecule has 0 aliphatic heterocycles. The first kappa shape index (κ1) is 33.0. The Bertz CT molecular complexity index is 1690. The predicted molar refractivity (Wildman–Crippen MR) is 179 cm³/mol. The number of carbonyl (C=O) groups is 2. The lowest BCUT2D eigenvalue weighted by Gasteiger charge is -2.34. The van der Waals surface area contributed by atoms with Crippen LogP contribution in [0.15, 0.2) is 112 Å². The summed E-state index contributed by atoms with van der Waals surface area (Å²) in [5, 5.41) is 2.98. The summed E-state index contributed by atoms with van der Waals surface area (Å²) in [5.41, 5.74) is 3.82. The molecule has 0 unspecified atom stereocenters. The van der Waals surface area contributed by atoms with E-state index in [1.54, 1.807) is 42.5 Å². The summed E-state index contributed by atoms with van der Waals surface area (Å²) in [4.78, 5) is 29.8. The van der Waals surface area contributed by atoms with Crippen LogP contribution in [0.4, 0.5) is 5.69 Å². The van der Waals surface area contributed by atoms with Crippen molar-refractivity contribution in [2.75, 3.05) is 10.8 Å². The molecule has 0 saturated heterocycles. The van der Waals surface area contributed by atoms with Gasteiger partial charge < -0.3 is 10.2 Å². The monoisotopic (exact) mass is 675 g/mol. The second kappa shape index (κ2) is 14.7. The van der Waals surface area contributed by atoms with Gasteiger partial charge in [0.15, 0.2) is 0 Å². The highest BCUT2D eigenvalue weighted by Gasteiger charge is 2.34. The number of aryl methyl sites for hydroxylation is 2. The molecule has 4 aromatic rings. The van der Waals surface area contributed by atoms with Gasteiger partial charge in [0, 0.05) is 23.5 Å². The lowest BCUT2D eigenvalue weighted by molar-refractivity contribution is -0.140. The lowest BCUT2D eigenvalue weighted by Crippen LogP contribution is -2.54. The zero-order chi connectivity index (χ0) is 31.9. The number of sulfonamides is 1. The molecule has 0 radical (unpaired) electrons. The Morgan fingerprint density at radius 2 is 1.45 bits per heavy atom. The van der Waals surface area contributed by atoms with Crippen LogP contribution in [0.25, 0.3) is 0 Å². The molecule has 0 bridgehead atoms. The largest absolute Gasteiger partial charge is 0.352 e. The van der Waals surface area contributed by atoms with E-state index in [1.165, 1.54) is 4.90 Å². The van der Waals surface area contributed by atoms with Crippen molar-refractivity contribution in [3.63, 3.8) is 0 Å². The first-order chi connectivity index (χ1) is 20.9. The van der Waals surface area contributed by atoms with Crippen LogP contribution in [0.3, 0.4) is 0 Å². The molecule has 0 heterocycles. The minimum Gasteiger partial charge on any atom is -0.352 e. The van der Waals surface area contributed by atoms with Crippen molar-refractivity contribution in [2.24, 2.45) is 0 Å². The highest BCUT2D eigenvalue weighted by molar-refractivity contribution is 9.10. The molecule has 1 atom stereocenters. The number of nitrogens with zero attached hydrogens (tertiary/aromatic N) is 2. The number of halogens is 1. The Morgan fingerprint density at radius 3 is 2.09 bits per heavy atom. The van der Waals surface area contributed by atoms with Gasteiger partial charge in [-0.15, -0.1) is 0 Å². The van der Waals surface area contributed by atoms with E-state index in [0.29, 0.717) is 5.69 Å². The number of hydrogen-bond donors (Lipinski definition) is 1. The second-order valence-electron chi connectivity index (χ2n) is 11.2. The third kappa shape index (κ3) is 8.57. The highest BCUT2D eigenvalue weighted by atomic mass is 79.9. The molecule has 9 heteroatoms. The van der Waals surface area contributed by atoms with Crippen molar-refractivity contribution in [3.05, 3.63) is 130 Å². The molecule has 7 nitrogen and oxygen atoms in total. The van der Waals surface area contributed by atoms with Crippen molar-refractivity contribution < 1.29 is 18.0 Å². The SMILES string of the molecule is Cc1ccc(S(=O)(=O)N(CC(=O)N(Cc2cccc(Br)c2)[C@H](Cc2ccccc2)C(=O)NC(C)C)c2cccc(C)c2)cc1. The van der Waals surface area contributed by atoms with Crippen LogP contribution in [0.5, 0.6) is 0 Å². The Kier molecular flexibility index (Phi) is 11.0. The first-order valence-electron chi connectivity index (χ1n) is 14.5. The zero-order valence-corrected chi connectivity index (χ0v) is 27.8. The van der Waals surface area contributed by atoms with Crippen molar-refractivity contribution in [1.82, 2.24) is 10.2 Å². The maximum absolute atomic E-state index is 14.5. The van der Waals surface area contributed by atoms with Crippen LogP contribution in [0.1, 0.15) is 36.1 Å². The van der Waals surface area contributed by atoms with Crippen LogP contribution in [-0.4, -0.2) is 43.8 Å². The van der Waals surface area contributed by atoms with E-state index in [0.717, 1.165) is 31.0 Å². The average molecular weight is 677 g/mol. The topological polar surface area (TPSA) is 86.8 Å². The van der Waals surface area contributed by atoms with Crippen molar-refractivity contribution in [2.45, 2.75) is 57.6 Å². The van der Waals surface area contributed by atoms with Crippen molar-refractivity contribution >= 4 is 43.5 Å². The number of hydrogen-bond acceptors (Lipinski definition) is 4. The molecule has 2 amide bonds. The number of benzene rings is 4. The summed E-state index contributed by atoms with van der Waals surface area (Å²) in [7, 11) is -4.14. The minimum atomic E-state index is -4.14. The molecular weight excluding hydrogens is 638 g/mol. The maximum Gasteiger partial charge on any atom is 0.264 e. The molecule has 0 aliphatic carbocycles. The Balaban J connectivity index is 1.81. The summed E-state index contributed by atoms with van der Waals surface area (Å²) in [6.45, 7) is 7.10. The predicted octanol–water partition coefficient (Wildman–Crippen LogP) is 6.43. The Hall–Kier alpha value is -3.95. The summed E-state index contributed by atoms with van der Waals surface area (Å²) in [6.07, 6.45) is 0.258. The molecule has 44 heavy (non-hydrogen) atoms. The van der Waals surface area contributed by atoms with Gasteiger partial charge in [-0.05, 0) is 80.8 Å². The molecule has 0 aliphatic rings. The Morgan fingerprint density at radius 1 is 0.795 bits per heavy atom. The molecule has 1 N–H and O–H groups in total. The third-order valence-electron chi connectivity index (χ3n) is 7.12. The quantitative estimate of drug-likeness (QED) is 0.188. The van der Waals surface area contributed by atoms with Gasteiger partial charge in [0.05, 0.1) is 10.6 Å². The molecule has 0 aromatic heterocycles. The zero-order valence-electron chi connectivity index (χ0n) is 25.4. The van der Waals surface area contributed by atoms with Crippen LogP contribution < -0.4 is 9.62 Å². The minimum absolute atomic E-state index is 0.0781. The fourth-order valence-electron chi connectivity index (χ4n) is 4.92. The molecule has 230 valence electrons. The van der Waals surface area contributed by atoms with Gasteiger partial charge in [-0.25, -0.2) is 8.42 Å². The maximum atomic E-state index is 14.5. The van der Waals surface area contributed by atoms with E-state index in [1.807, 2.05) is 88.4 Å². The molecule has 4 aromatic carbocycles. The number of rotatable bonds is 12. The summed E-state index contributed by atoms with van der Waals surface area (Å²) >= 11 is 3.51. The highest BCUT2D eigenvalue weighted by Crippen LogP contribution is 2.26. The summed E-state index contributed by atoms with van der Waals surface area (Å²) < 4.78 is 30.2. The fourth-order valence-corrected chi connectivity index (χ4v) is 6.77. The van der Waals surface area contributed by atoms with E-state index in [4.69, 9.17) is 0 Å². The number of nitrogens with one attached hydrogen (secondary N) is 1. The van der Waals surface area contributed by atoms with Gasteiger partial charge in [0.2, 0.25) is 11.8 Å². The van der Waals surface area contributed by atoms with E-state index in [-0.39, 0.29) is 29.8 Å². The van der Waals surface area contributed by atoms with E-state index in [9.17, 15) is 18.0 Å². The fraction of sp³-hybridized carbons (Fsp3) is 0.257. The van der Waals surface area contributed by atoms with Crippen LogP contribution in [-0.2, 0) is 32.6 Å². The van der Waals surface area contributed by atoms with E-state index >= 15 is 0 Å².